The van der Waals surface area contributed by atoms with Crippen LogP contribution >= 0.6 is 0 Å². The van der Waals surface area contributed by atoms with Crippen molar-refractivity contribution in [2.24, 2.45) is 5.92 Å². The maximum atomic E-state index is 5.49. The van der Waals surface area contributed by atoms with E-state index in [0.717, 1.165) is 17.4 Å². The van der Waals surface area contributed by atoms with Gasteiger partial charge in [0.15, 0.2) is 0 Å². The fraction of sp³-hybridized carbons (Fsp3) is 0.647. The summed E-state index contributed by atoms with van der Waals surface area (Å²) in [6.45, 7) is 4.50. The third-order valence-electron chi connectivity index (χ3n) is 4.55. The standard InChI is InChI=1S/C17H27NO2/c1-5-13-7-6-8-16(13)18-12(2)15-11-14(19-3)9-10-17(15)20-4/h9-13,16,18H,5-8H2,1-4H3. The smallest absolute Gasteiger partial charge is 0.123 e. The molecule has 3 unspecified atom stereocenters. The van der Waals surface area contributed by atoms with Gasteiger partial charge in [-0.25, -0.2) is 0 Å². The second-order valence-electron chi connectivity index (χ2n) is 5.70. The molecule has 2 rings (SSSR count). The predicted molar refractivity (Wildman–Crippen MR) is 82.5 cm³/mol. The molecular formula is C17H27NO2. The molecule has 20 heavy (non-hydrogen) atoms. The van der Waals surface area contributed by atoms with Crippen LogP contribution in [0.25, 0.3) is 0 Å². The Morgan fingerprint density at radius 2 is 2.05 bits per heavy atom. The molecule has 112 valence electrons. The zero-order chi connectivity index (χ0) is 14.5. The number of methoxy groups -OCH3 is 2. The van der Waals surface area contributed by atoms with Crippen LogP contribution < -0.4 is 14.8 Å². The molecule has 0 amide bonds. The third kappa shape index (κ3) is 3.26. The van der Waals surface area contributed by atoms with Crippen molar-refractivity contribution in [2.45, 2.75) is 51.6 Å². The molecule has 1 aromatic rings. The van der Waals surface area contributed by atoms with E-state index in [1.54, 1.807) is 14.2 Å². The maximum Gasteiger partial charge on any atom is 0.123 e. The van der Waals surface area contributed by atoms with E-state index in [9.17, 15) is 0 Å². The lowest BCUT2D eigenvalue weighted by molar-refractivity contribution is 0.347. The Morgan fingerprint density at radius 3 is 2.70 bits per heavy atom. The van der Waals surface area contributed by atoms with Crippen molar-refractivity contribution < 1.29 is 9.47 Å². The molecule has 1 aromatic carbocycles. The molecule has 0 bridgehead atoms. The summed E-state index contributed by atoms with van der Waals surface area (Å²) in [5.41, 5.74) is 1.17. The molecule has 3 heteroatoms. The first-order valence-electron chi connectivity index (χ1n) is 7.67. The minimum Gasteiger partial charge on any atom is -0.497 e. The number of ether oxygens (including phenoxy) is 2. The number of hydrogen-bond donors (Lipinski definition) is 1. The highest BCUT2D eigenvalue weighted by Gasteiger charge is 2.27. The van der Waals surface area contributed by atoms with E-state index in [-0.39, 0.29) is 6.04 Å². The predicted octanol–water partition coefficient (Wildman–Crippen LogP) is 3.93. The first-order chi connectivity index (χ1) is 9.69. The van der Waals surface area contributed by atoms with Crippen LogP contribution in [0.3, 0.4) is 0 Å². The SMILES string of the molecule is CCC1CCCC1NC(C)c1cc(OC)ccc1OC. The van der Waals surface area contributed by atoms with Crippen LogP contribution in [0.2, 0.25) is 0 Å². The van der Waals surface area contributed by atoms with Crippen molar-refractivity contribution in [1.82, 2.24) is 5.32 Å². The van der Waals surface area contributed by atoms with Crippen LogP contribution in [-0.2, 0) is 0 Å². The molecular weight excluding hydrogens is 250 g/mol. The Bertz CT molecular complexity index is 433. The Kier molecular flexibility index (Phi) is 5.30. The Balaban J connectivity index is 2.13. The van der Waals surface area contributed by atoms with E-state index in [1.165, 1.54) is 31.2 Å². The van der Waals surface area contributed by atoms with Gasteiger partial charge in [0.2, 0.25) is 0 Å². The molecule has 3 nitrogen and oxygen atoms in total. The average Bonchev–Trinajstić information content (AvgIpc) is 2.93. The lowest BCUT2D eigenvalue weighted by atomic mass is 9.98. The summed E-state index contributed by atoms with van der Waals surface area (Å²) in [6.07, 6.45) is 5.25. The summed E-state index contributed by atoms with van der Waals surface area (Å²) in [4.78, 5) is 0. The summed E-state index contributed by atoms with van der Waals surface area (Å²) in [7, 11) is 3.43. The molecule has 1 aliphatic carbocycles. The van der Waals surface area contributed by atoms with Crippen molar-refractivity contribution in [3.8, 4) is 11.5 Å². The lowest BCUT2D eigenvalue weighted by Crippen LogP contribution is -2.34. The zero-order valence-electron chi connectivity index (χ0n) is 13.1. The van der Waals surface area contributed by atoms with Crippen molar-refractivity contribution in [1.29, 1.82) is 0 Å². The monoisotopic (exact) mass is 277 g/mol. The van der Waals surface area contributed by atoms with Crippen molar-refractivity contribution in [3.63, 3.8) is 0 Å². The second kappa shape index (κ2) is 6.98. The molecule has 0 aliphatic heterocycles. The summed E-state index contributed by atoms with van der Waals surface area (Å²) < 4.78 is 10.8. The number of benzene rings is 1. The second-order valence-corrected chi connectivity index (χ2v) is 5.70. The highest BCUT2D eigenvalue weighted by molar-refractivity contribution is 5.42. The first-order valence-corrected chi connectivity index (χ1v) is 7.67. The molecule has 0 heterocycles. The van der Waals surface area contributed by atoms with Gasteiger partial charge >= 0.3 is 0 Å². The molecule has 0 aromatic heterocycles. The van der Waals surface area contributed by atoms with Crippen LogP contribution in [-0.4, -0.2) is 20.3 Å². The van der Waals surface area contributed by atoms with Gasteiger partial charge in [-0.2, -0.15) is 0 Å². The molecule has 1 N–H and O–H groups in total. The number of hydrogen-bond acceptors (Lipinski definition) is 3. The van der Waals surface area contributed by atoms with Gasteiger partial charge < -0.3 is 14.8 Å². The third-order valence-corrected chi connectivity index (χ3v) is 4.55. The average molecular weight is 277 g/mol. The van der Waals surface area contributed by atoms with E-state index in [1.807, 2.05) is 12.1 Å². The van der Waals surface area contributed by atoms with Gasteiger partial charge in [-0.1, -0.05) is 19.8 Å². The highest BCUT2D eigenvalue weighted by atomic mass is 16.5. The summed E-state index contributed by atoms with van der Waals surface area (Å²) in [5, 5.41) is 3.79. The summed E-state index contributed by atoms with van der Waals surface area (Å²) in [6, 6.07) is 6.91. The van der Waals surface area contributed by atoms with E-state index in [2.05, 4.69) is 25.2 Å². The normalized spacial score (nSPS) is 23.6. The number of rotatable bonds is 6. The first kappa shape index (κ1) is 15.2. The van der Waals surface area contributed by atoms with Gasteiger partial charge in [-0.15, -0.1) is 0 Å². The minimum atomic E-state index is 0.275. The van der Waals surface area contributed by atoms with Crippen LogP contribution in [0.15, 0.2) is 18.2 Å². The largest absolute Gasteiger partial charge is 0.497 e. The van der Waals surface area contributed by atoms with Crippen molar-refractivity contribution >= 4 is 0 Å². The van der Waals surface area contributed by atoms with Crippen LogP contribution in [0.1, 0.15) is 51.1 Å². The molecule has 0 spiro atoms. The molecule has 0 radical (unpaired) electrons. The quantitative estimate of drug-likeness (QED) is 0.854. The summed E-state index contributed by atoms with van der Waals surface area (Å²) >= 11 is 0. The highest BCUT2D eigenvalue weighted by Crippen LogP contribution is 2.33. The van der Waals surface area contributed by atoms with E-state index in [0.29, 0.717) is 6.04 Å². The van der Waals surface area contributed by atoms with E-state index >= 15 is 0 Å². The Hall–Kier alpha value is -1.22. The van der Waals surface area contributed by atoms with Crippen molar-refractivity contribution in [2.75, 3.05) is 14.2 Å². The van der Waals surface area contributed by atoms with Gasteiger partial charge in [0.05, 0.1) is 14.2 Å². The van der Waals surface area contributed by atoms with Gasteiger partial charge in [-0.05, 0) is 43.9 Å². The maximum absolute atomic E-state index is 5.49. The van der Waals surface area contributed by atoms with Gasteiger partial charge in [0.25, 0.3) is 0 Å². The topological polar surface area (TPSA) is 30.5 Å². The fourth-order valence-corrected chi connectivity index (χ4v) is 3.33. The van der Waals surface area contributed by atoms with Gasteiger partial charge in [-0.3, -0.25) is 0 Å². The van der Waals surface area contributed by atoms with Crippen LogP contribution in [0.5, 0.6) is 11.5 Å². The van der Waals surface area contributed by atoms with Gasteiger partial charge in [0.1, 0.15) is 11.5 Å². The molecule has 0 saturated heterocycles. The zero-order valence-corrected chi connectivity index (χ0v) is 13.1. The Labute approximate surface area is 122 Å². The van der Waals surface area contributed by atoms with Gasteiger partial charge in [0, 0.05) is 17.6 Å². The fourth-order valence-electron chi connectivity index (χ4n) is 3.33. The minimum absolute atomic E-state index is 0.275. The lowest BCUT2D eigenvalue weighted by Gasteiger charge is -2.26. The molecule has 3 atom stereocenters. The van der Waals surface area contributed by atoms with Crippen LogP contribution in [0, 0.1) is 5.92 Å². The van der Waals surface area contributed by atoms with Crippen LogP contribution in [0.4, 0.5) is 0 Å². The van der Waals surface area contributed by atoms with Crippen molar-refractivity contribution in [3.05, 3.63) is 23.8 Å². The number of nitrogens with one attached hydrogen (secondary N) is 1. The molecule has 1 aliphatic rings. The summed E-state index contributed by atoms with van der Waals surface area (Å²) in [5.74, 6) is 2.62. The Morgan fingerprint density at radius 1 is 1.25 bits per heavy atom. The molecule has 1 saturated carbocycles. The van der Waals surface area contributed by atoms with E-state index < -0.39 is 0 Å². The van der Waals surface area contributed by atoms with E-state index in [4.69, 9.17) is 9.47 Å². The molecule has 1 fully saturated rings.